The van der Waals surface area contributed by atoms with Gasteiger partial charge in [-0.05, 0) is 36.6 Å². The molecule has 0 aromatic heterocycles. The van der Waals surface area contributed by atoms with Crippen molar-refractivity contribution in [2.75, 3.05) is 18.8 Å². The molecule has 1 aliphatic heterocycles. The highest BCUT2D eigenvalue weighted by molar-refractivity contribution is 7.99. The molecule has 1 atom stereocenters. The molecule has 2 aliphatic rings. The summed E-state index contributed by atoms with van der Waals surface area (Å²) in [4.78, 5) is 17.4. The maximum atomic E-state index is 13.1. The molecule has 2 fully saturated rings. The van der Waals surface area contributed by atoms with Crippen molar-refractivity contribution in [3.8, 4) is 0 Å². The average molecular weight is 421 g/mol. The van der Waals surface area contributed by atoms with Crippen LogP contribution in [0.3, 0.4) is 0 Å². The minimum atomic E-state index is 0.0124. The Balaban J connectivity index is 1.47. The van der Waals surface area contributed by atoms with Gasteiger partial charge in [0, 0.05) is 40.5 Å². The molecule has 27 heavy (non-hydrogen) atoms. The molecule has 2 aromatic carbocycles. The number of hydrogen-bond acceptors (Lipinski definition) is 3. The highest BCUT2D eigenvalue weighted by atomic mass is 35.5. The van der Waals surface area contributed by atoms with Crippen LogP contribution in [0.5, 0.6) is 0 Å². The summed E-state index contributed by atoms with van der Waals surface area (Å²) >= 11 is 14.3. The lowest BCUT2D eigenvalue weighted by Gasteiger charge is -2.29. The zero-order valence-corrected chi connectivity index (χ0v) is 17.3. The maximum Gasteiger partial charge on any atom is 0.237 e. The van der Waals surface area contributed by atoms with E-state index in [0.717, 1.165) is 52.9 Å². The largest absolute Gasteiger partial charge is 0.325 e. The van der Waals surface area contributed by atoms with Gasteiger partial charge in [0.1, 0.15) is 5.37 Å². The first-order chi connectivity index (χ1) is 13.1. The summed E-state index contributed by atoms with van der Waals surface area (Å²) in [6, 6.07) is 16.2. The topological polar surface area (TPSA) is 23.6 Å². The highest BCUT2D eigenvalue weighted by Gasteiger charge is 2.35. The predicted molar refractivity (Wildman–Crippen MR) is 113 cm³/mol. The highest BCUT2D eigenvalue weighted by Crippen LogP contribution is 2.41. The van der Waals surface area contributed by atoms with E-state index in [-0.39, 0.29) is 11.3 Å². The molecule has 1 heterocycles. The number of carbonyl (C=O) groups excluding carboxylic acids is 1. The molecular weight excluding hydrogens is 399 g/mol. The van der Waals surface area contributed by atoms with Crippen molar-refractivity contribution in [1.29, 1.82) is 0 Å². The molecular formula is C21H22Cl2N2OS. The Labute approximate surface area is 174 Å². The molecule has 3 nitrogen and oxygen atoms in total. The van der Waals surface area contributed by atoms with Crippen molar-refractivity contribution in [3.05, 3.63) is 69.7 Å². The van der Waals surface area contributed by atoms with Crippen LogP contribution in [-0.4, -0.2) is 40.6 Å². The quantitative estimate of drug-likeness (QED) is 0.638. The van der Waals surface area contributed by atoms with Crippen LogP contribution in [0.1, 0.15) is 29.3 Å². The lowest BCUT2D eigenvalue weighted by atomic mass is 10.2. The van der Waals surface area contributed by atoms with Gasteiger partial charge in [0.2, 0.25) is 5.91 Å². The van der Waals surface area contributed by atoms with Crippen molar-refractivity contribution in [3.63, 3.8) is 0 Å². The minimum Gasteiger partial charge on any atom is -0.325 e. The van der Waals surface area contributed by atoms with Crippen molar-refractivity contribution >= 4 is 40.9 Å². The van der Waals surface area contributed by atoms with Gasteiger partial charge in [-0.2, -0.15) is 0 Å². The minimum absolute atomic E-state index is 0.0124. The molecule has 0 radical (unpaired) electrons. The SMILES string of the molecule is O=C(CN(Cc1cccc(Cl)c1)C1CC1)N1CCS[C@@H]1c1ccccc1Cl. The number of hydrogen-bond donors (Lipinski definition) is 0. The van der Waals surface area contributed by atoms with Crippen molar-refractivity contribution in [2.45, 2.75) is 30.8 Å². The van der Waals surface area contributed by atoms with Crippen LogP contribution in [0, 0.1) is 0 Å². The first-order valence-electron chi connectivity index (χ1n) is 9.26. The second-order valence-electron chi connectivity index (χ2n) is 7.10. The monoisotopic (exact) mass is 420 g/mol. The lowest BCUT2D eigenvalue weighted by Crippen LogP contribution is -2.40. The number of halogens is 2. The molecule has 1 saturated carbocycles. The van der Waals surface area contributed by atoms with E-state index in [4.69, 9.17) is 23.2 Å². The molecule has 1 amide bonds. The van der Waals surface area contributed by atoms with Gasteiger partial charge >= 0.3 is 0 Å². The summed E-state index contributed by atoms with van der Waals surface area (Å²) < 4.78 is 0. The summed E-state index contributed by atoms with van der Waals surface area (Å²) in [5.41, 5.74) is 2.18. The Hall–Kier alpha value is -1.20. The fourth-order valence-electron chi connectivity index (χ4n) is 3.55. The number of rotatable bonds is 6. The molecule has 1 aliphatic carbocycles. The second-order valence-corrected chi connectivity index (χ2v) is 9.13. The number of benzene rings is 2. The number of amides is 1. The first kappa shape index (κ1) is 19.1. The maximum absolute atomic E-state index is 13.1. The van der Waals surface area contributed by atoms with Gasteiger partial charge < -0.3 is 4.90 Å². The predicted octanol–water partition coefficient (Wildman–Crippen LogP) is 5.23. The standard InChI is InChI=1S/C21H22Cl2N2OS/c22-16-5-3-4-15(12-16)13-24(17-8-9-17)14-20(26)25-10-11-27-21(25)18-6-1-2-7-19(18)23/h1-7,12,17,21H,8-11,13-14H2/t21-/m1/s1. The van der Waals surface area contributed by atoms with E-state index in [1.54, 1.807) is 11.8 Å². The molecule has 6 heteroatoms. The van der Waals surface area contributed by atoms with Crippen LogP contribution in [0.4, 0.5) is 0 Å². The Morgan fingerprint density at radius 1 is 1.15 bits per heavy atom. The summed E-state index contributed by atoms with van der Waals surface area (Å²) in [6.45, 7) is 1.97. The zero-order chi connectivity index (χ0) is 18.8. The molecule has 0 unspecified atom stereocenters. The van der Waals surface area contributed by atoms with Gasteiger partial charge in [0.25, 0.3) is 0 Å². The zero-order valence-electron chi connectivity index (χ0n) is 15.0. The van der Waals surface area contributed by atoms with Crippen LogP contribution in [-0.2, 0) is 11.3 Å². The van der Waals surface area contributed by atoms with Crippen molar-refractivity contribution in [1.82, 2.24) is 9.80 Å². The van der Waals surface area contributed by atoms with Gasteiger partial charge in [-0.1, -0.05) is 53.5 Å². The van der Waals surface area contributed by atoms with E-state index in [0.29, 0.717) is 12.6 Å². The third-order valence-corrected chi connectivity index (χ3v) is 6.88. The summed E-state index contributed by atoms with van der Waals surface area (Å²) in [5, 5.41) is 1.48. The average Bonchev–Trinajstić information content (AvgIpc) is 3.38. The molecule has 1 saturated heterocycles. The van der Waals surface area contributed by atoms with Gasteiger partial charge in [-0.3, -0.25) is 9.69 Å². The lowest BCUT2D eigenvalue weighted by molar-refractivity contribution is -0.132. The third-order valence-electron chi connectivity index (χ3n) is 5.06. The Morgan fingerprint density at radius 2 is 1.96 bits per heavy atom. The van der Waals surface area contributed by atoms with Crippen LogP contribution >= 0.6 is 35.0 Å². The molecule has 2 aromatic rings. The van der Waals surface area contributed by atoms with Crippen LogP contribution in [0.15, 0.2) is 48.5 Å². The number of thioether (sulfide) groups is 1. The second kappa shape index (κ2) is 8.44. The molecule has 4 rings (SSSR count). The smallest absolute Gasteiger partial charge is 0.237 e. The van der Waals surface area contributed by atoms with Crippen molar-refractivity contribution < 1.29 is 4.79 Å². The first-order valence-corrected chi connectivity index (χ1v) is 11.1. The van der Waals surface area contributed by atoms with Crippen LogP contribution in [0.2, 0.25) is 10.0 Å². The van der Waals surface area contributed by atoms with Crippen LogP contribution < -0.4 is 0 Å². The van der Waals surface area contributed by atoms with Gasteiger partial charge in [-0.15, -0.1) is 11.8 Å². The fraction of sp³-hybridized carbons (Fsp3) is 0.381. The van der Waals surface area contributed by atoms with Gasteiger partial charge in [-0.25, -0.2) is 0 Å². The number of nitrogens with zero attached hydrogens (tertiary/aromatic N) is 2. The molecule has 0 N–H and O–H groups in total. The summed E-state index contributed by atoms with van der Waals surface area (Å²) in [6.07, 6.45) is 2.33. The molecule has 0 bridgehead atoms. The fourth-order valence-corrected chi connectivity index (χ4v) is 5.38. The van der Waals surface area contributed by atoms with E-state index in [2.05, 4.69) is 11.0 Å². The molecule has 142 valence electrons. The summed E-state index contributed by atoms with van der Waals surface area (Å²) in [5.74, 6) is 1.12. The van der Waals surface area contributed by atoms with E-state index >= 15 is 0 Å². The Morgan fingerprint density at radius 3 is 2.70 bits per heavy atom. The van der Waals surface area contributed by atoms with Crippen LogP contribution in [0.25, 0.3) is 0 Å². The summed E-state index contributed by atoms with van der Waals surface area (Å²) in [7, 11) is 0. The van der Waals surface area contributed by atoms with E-state index in [9.17, 15) is 4.79 Å². The Bertz CT molecular complexity index is 827. The normalized spacial score (nSPS) is 19.7. The Kier molecular flexibility index (Phi) is 5.98. The number of carbonyl (C=O) groups is 1. The van der Waals surface area contributed by atoms with E-state index in [1.807, 2.05) is 47.4 Å². The third kappa shape index (κ3) is 4.62. The van der Waals surface area contributed by atoms with Gasteiger partial charge in [0.05, 0.1) is 6.54 Å². The van der Waals surface area contributed by atoms with Crippen molar-refractivity contribution in [2.24, 2.45) is 0 Å². The van der Waals surface area contributed by atoms with Gasteiger partial charge in [0.15, 0.2) is 0 Å². The van der Waals surface area contributed by atoms with E-state index in [1.165, 1.54) is 0 Å². The van der Waals surface area contributed by atoms with E-state index < -0.39 is 0 Å². The molecule has 0 spiro atoms.